The Morgan fingerprint density at radius 1 is 1.00 bits per heavy atom. The minimum Gasteiger partial charge on any atom is -0.444 e. The van der Waals surface area contributed by atoms with E-state index in [4.69, 9.17) is 4.74 Å². The van der Waals surface area contributed by atoms with Crippen LogP contribution in [0.15, 0.2) is 48.5 Å². The summed E-state index contributed by atoms with van der Waals surface area (Å²) < 4.78 is 5.64. The fraction of sp³-hybridized carbons (Fsp3) is 0.440. The number of ether oxygens (including phenoxy) is 1. The van der Waals surface area contributed by atoms with Crippen LogP contribution in [0, 0.1) is 13.8 Å². The van der Waals surface area contributed by atoms with Gasteiger partial charge in [-0.1, -0.05) is 42.5 Å². The summed E-state index contributed by atoms with van der Waals surface area (Å²) in [7, 11) is 0. The first-order chi connectivity index (χ1) is 14.2. The molecule has 0 spiro atoms. The zero-order chi connectivity index (χ0) is 21.9. The molecule has 0 aliphatic carbocycles. The Labute approximate surface area is 179 Å². The molecule has 2 aromatic carbocycles. The molecule has 2 aromatic rings. The van der Waals surface area contributed by atoms with Gasteiger partial charge in [0, 0.05) is 25.2 Å². The molecule has 30 heavy (non-hydrogen) atoms. The van der Waals surface area contributed by atoms with Gasteiger partial charge in [-0.2, -0.15) is 0 Å². The van der Waals surface area contributed by atoms with Gasteiger partial charge in [-0.3, -0.25) is 4.79 Å². The number of nitrogens with zero attached hydrogens (tertiary/aromatic N) is 2. The van der Waals surface area contributed by atoms with Gasteiger partial charge in [0.1, 0.15) is 5.60 Å². The summed E-state index contributed by atoms with van der Waals surface area (Å²) in [6.45, 7) is 11.1. The topological polar surface area (TPSA) is 49.9 Å². The zero-order valence-corrected chi connectivity index (χ0v) is 18.6. The Kier molecular flexibility index (Phi) is 6.49. The molecule has 1 heterocycles. The Morgan fingerprint density at radius 2 is 1.70 bits per heavy atom. The van der Waals surface area contributed by atoms with Gasteiger partial charge in [0.25, 0.3) is 5.91 Å². The number of hydrogen-bond acceptors (Lipinski definition) is 3. The molecule has 0 N–H and O–H groups in total. The van der Waals surface area contributed by atoms with E-state index in [9.17, 15) is 9.59 Å². The molecular formula is C25H32N2O3. The lowest BCUT2D eigenvalue weighted by molar-refractivity contribution is -0.000610. The van der Waals surface area contributed by atoms with Gasteiger partial charge in [-0.05, 0) is 63.8 Å². The summed E-state index contributed by atoms with van der Waals surface area (Å²) in [4.78, 5) is 29.8. The van der Waals surface area contributed by atoms with Crippen molar-refractivity contribution < 1.29 is 14.3 Å². The predicted molar refractivity (Wildman–Crippen MR) is 119 cm³/mol. The van der Waals surface area contributed by atoms with Gasteiger partial charge in [0.15, 0.2) is 0 Å². The maximum atomic E-state index is 13.3. The molecule has 1 aliphatic heterocycles. The van der Waals surface area contributed by atoms with E-state index in [-0.39, 0.29) is 18.0 Å². The van der Waals surface area contributed by atoms with Crippen LogP contribution in [-0.4, -0.2) is 53.1 Å². The van der Waals surface area contributed by atoms with Crippen LogP contribution in [0.25, 0.3) is 0 Å². The predicted octanol–water partition coefficient (Wildman–Crippen LogP) is 4.61. The van der Waals surface area contributed by atoms with Crippen molar-refractivity contribution in [3.8, 4) is 0 Å². The molecule has 0 saturated carbocycles. The largest absolute Gasteiger partial charge is 0.444 e. The van der Waals surface area contributed by atoms with Crippen molar-refractivity contribution in [1.82, 2.24) is 9.80 Å². The first-order valence-corrected chi connectivity index (χ1v) is 10.5. The molecule has 5 nitrogen and oxygen atoms in total. The molecule has 5 heteroatoms. The summed E-state index contributed by atoms with van der Waals surface area (Å²) in [5, 5.41) is 0. The molecule has 1 saturated heterocycles. The molecular weight excluding hydrogens is 376 g/mol. The molecule has 1 fully saturated rings. The third-order valence-corrected chi connectivity index (χ3v) is 5.55. The number of carbonyl (C=O) groups is 2. The van der Waals surface area contributed by atoms with Crippen molar-refractivity contribution in [1.29, 1.82) is 0 Å². The quantitative estimate of drug-likeness (QED) is 0.745. The number of hydrogen-bond donors (Lipinski definition) is 0. The molecule has 2 amide bonds. The lowest BCUT2D eigenvalue weighted by Gasteiger charge is -2.42. The lowest BCUT2D eigenvalue weighted by Crippen LogP contribution is -2.58. The van der Waals surface area contributed by atoms with Crippen LogP contribution >= 0.6 is 0 Å². The normalized spacial score (nSPS) is 17.0. The highest BCUT2D eigenvalue weighted by atomic mass is 16.6. The van der Waals surface area contributed by atoms with Crippen molar-refractivity contribution in [2.75, 3.05) is 19.6 Å². The van der Waals surface area contributed by atoms with Crippen molar-refractivity contribution >= 4 is 12.0 Å². The van der Waals surface area contributed by atoms with Crippen LogP contribution in [0.2, 0.25) is 0 Å². The second-order valence-corrected chi connectivity index (χ2v) is 9.02. The second-order valence-electron chi connectivity index (χ2n) is 9.02. The first-order valence-electron chi connectivity index (χ1n) is 10.5. The highest BCUT2D eigenvalue weighted by molar-refractivity contribution is 5.96. The highest BCUT2D eigenvalue weighted by Gasteiger charge is 2.35. The first kappa shape index (κ1) is 21.9. The van der Waals surface area contributed by atoms with Gasteiger partial charge in [-0.15, -0.1) is 0 Å². The number of benzene rings is 2. The molecule has 0 aromatic heterocycles. The van der Waals surface area contributed by atoms with Gasteiger partial charge in [0.05, 0.1) is 6.04 Å². The van der Waals surface area contributed by atoms with Crippen LogP contribution in [0.4, 0.5) is 4.79 Å². The number of rotatable bonds is 3. The van der Waals surface area contributed by atoms with Gasteiger partial charge >= 0.3 is 6.09 Å². The van der Waals surface area contributed by atoms with E-state index in [1.54, 1.807) is 4.90 Å². The third kappa shape index (κ3) is 5.21. The molecule has 1 aliphatic rings. The van der Waals surface area contributed by atoms with Crippen LogP contribution in [0.1, 0.15) is 47.8 Å². The van der Waals surface area contributed by atoms with Crippen molar-refractivity contribution in [3.63, 3.8) is 0 Å². The number of piperazine rings is 1. The van der Waals surface area contributed by atoms with Crippen LogP contribution in [0.3, 0.4) is 0 Å². The van der Waals surface area contributed by atoms with Crippen molar-refractivity contribution in [2.45, 2.75) is 52.7 Å². The maximum Gasteiger partial charge on any atom is 0.410 e. The smallest absolute Gasteiger partial charge is 0.410 e. The number of amides is 2. The van der Waals surface area contributed by atoms with Gasteiger partial charge < -0.3 is 14.5 Å². The van der Waals surface area contributed by atoms with Crippen LogP contribution < -0.4 is 0 Å². The molecule has 0 bridgehead atoms. The summed E-state index contributed by atoms with van der Waals surface area (Å²) in [6, 6.07) is 15.8. The second kappa shape index (κ2) is 8.90. The maximum absolute atomic E-state index is 13.3. The van der Waals surface area contributed by atoms with E-state index in [0.29, 0.717) is 26.1 Å². The number of aryl methyl sites for hydroxylation is 1. The summed E-state index contributed by atoms with van der Waals surface area (Å²) in [5.41, 5.74) is 3.43. The molecule has 160 valence electrons. The van der Waals surface area contributed by atoms with E-state index >= 15 is 0 Å². The monoisotopic (exact) mass is 408 g/mol. The fourth-order valence-corrected chi connectivity index (χ4v) is 3.81. The van der Waals surface area contributed by atoms with E-state index in [1.807, 2.05) is 75.9 Å². The lowest BCUT2D eigenvalue weighted by atomic mass is 9.99. The molecule has 0 unspecified atom stereocenters. The summed E-state index contributed by atoms with van der Waals surface area (Å²) in [6.07, 6.45) is 0.360. The van der Waals surface area contributed by atoms with E-state index in [0.717, 1.165) is 22.3 Å². The average Bonchev–Trinajstić information content (AvgIpc) is 2.69. The standard InChI is InChI=1S/C25H32N2O3/c1-18-10-9-13-22(19(18)2)23(28)26-14-15-27(24(29)30-25(3,4)5)21(17-26)16-20-11-7-6-8-12-20/h6-13,21H,14-17H2,1-5H3/t21-/m0/s1. The van der Waals surface area contributed by atoms with E-state index in [2.05, 4.69) is 12.1 Å². The number of carbonyl (C=O) groups excluding carboxylic acids is 2. The van der Waals surface area contributed by atoms with Crippen LogP contribution in [-0.2, 0) is 11.2 Å². The zero-order valence-electron chi connectivity index (χ0n) is 18.6. The Hall–Kier alpha value is -2.82. The fourth-order valence-electron chi connectivity index (χ4n) is 3.81. The van der Waals surface area contributed by atoms with Crippen molar-refractivity contribution in [3.05, 3.63) is 70.8 Å². The molecule has 3 rings (SSSR count). The third-order valence-electron chi connectivity index (χ3n) is 5.55. The van der Waals surface area contributed by atoms with E-state index in [1.165, 1.54) is 0 Å². The van der Waals surface area contributed by atoms with Crippen LogP contribution in [0.5, 0.6) is 0 Å². The SMILES string of the molecule is Cc1cccc(C(=O)N2CCN(C(=O)OC(C)(C)C)[C@@H](Cc3ccccc3)C2)c1C. The highest BCUT2D eigenvalue weighted by Crippen LogP contribution is 2.22. The van der Waals surface area contributed by atoms with E-state index < -0.39 is 5.60 Å². The van der Waals surface area contributed by atoms with Gasteiger partial charge in [0.2, 0.25) is 0 Å². The Balaban J connectivity index is 1.83. The average molecular weight is 409 g/mol. The minimum atomic E-state index is -0.556. The summed E-state index contributed by atoms with van der Waals surface area (Å²) in [5.74, 6) is 0.0260. The minimum absolute atomic E-state index is 0.0260. The molecule has 0 radical (unpaired) electrons. The molecule has 1 atom stereocenters. The van der Waals surface area contributed by atoms with Crippen molar-refractivity contribution in [2.24, 2.45) is 0 Å². The Morgan fingerprint density at radius 3 is 2.37 bits per heavy atom. The Bertz CT molecular complexity index is 902. The van der Waals surface area contributed by atoms with Gasteiger partial charge in [-0.25, -0.2) is 4.79 Å². The summed E-state index contributed by atoms with van der Waals surface area (Å²) >= 11 is 0.